The highest BCUT2D eigenvalue weighted by Gasteiger charge is 2.36. The van der Waals surface area contributed by atoms with Gasteiger partial charge in [-0.15, -0.1) is 5.10 Å². The number of amides is 2. The number of aryl methyl sites for hydroxylation is 1. The first-order chi connectivity index (χ1) is 16.2. The number of esters is 2. The first-order valence-corrected chi connectivity index (χ1v) is 9.83. The number of methoxy groups -OCH3 is 2. The Kier molecular flexibility index (Phi) is 14.2. The van der Waals surface area contributed by atoms with Crippen LogP contribution >= 0.6 is 0 Å². The number of nitrogens with zero attached hydrogens (tertiary/aromatic N) is 2. The van der Waals surface area contributed by atoms with E-state index >= 15 is 0 Å². The summed E-state index contributed by atoms with van der Waals surface area (Å²) in [6, 6.07) is 1.34. The fourth-order valence-electron chi connectivity index (χ4n) is 2.79. The van der Waals surface area contributed by atoms with E-state index in [9.17, 15) is 19.2 Å². The van der Waals surface area contributed by atoms with Gasteiger partial charge in [0, 0.05) is 39.3 Å². The Morgan fingerprint density at radius 3 is 2.35 bits per heavy atom. The average molecular weight is 482 g/mol. The average Bonchev–Trinajstić information content (AvgIpc) is 3.14. The molecule has 1 aliphatic heterocycles. The van der Waals surface area contributed by atoms with Crippen molar-refractivity contribution in [2.45, 2.75) is 45.6 Å². The van der Waals surface area contributed by atoms with Crippen molar-refractivity contribution in [2.24, 2.45) is 0 Å². The molecule has 1 saturated heterocycles. The van der Waals surface area contributed by atoms with Crippen LogP contribution in [0.1, 0.15) is 42.0 Å². The number of aromatic nitrogens is 2. The van der Waals surface area contributed by atoms with Crippen molar-refractivity contribution in [2.75, 3.05) is 21.3 Å². The molecule has 0 saturated carbocycles. The van der Waals surface area contributed by atoms with E-state index < -0.39 is 36.3 Å². The van der Waals surface area contributed by atoms with E-state index in [1.807, 2.05) is 6.79 Å². The zero-order valence-corrected chi connectivity index (χ0v) is 19.9. The lowest BCUT2D eigenvalue weighted by molar-refractivity contribution is -0.148. The molecule has 2 amide bonds. The van der Waals surface area contributed by atoms with Gasteiger partial charge in [-0.3, -0.25) is 14.4 Å². The molecule has 0 aliphatic carbocycles. The summed E-state index contributed by atoms with van der Waals surface area (Å²) in [6.45, 7) is 6.61. The van der Waals surface area contributed by atoms with Gasteiger partial charge in [-0.25, -0.2) is 4.79 Å². The van der Waals surface area contributed by atoms with Crippen LogP contribution in [-0.2, 0) is 38.1 Å². The molecule has 13 heteroatoms. The topological polar surface area (TPSA) is 172 Å². The minimum Gasteiger partial charge on any atom is -0.464 e. The van der Waals surface area contributed by atoms with E-state index in [0.717, 1.165) is 0 Å². The van der Waals surface area contributed by atoms with Crippen molar-refractivity contribution in [1.29, 1.82) is 0 Å². The van der Waals surface area contributed by atoms with Crippen molar-refractivity contribution < 1.29 is 42.9 Å². The number of carbonyl (C=O) groups is 5. The van der Waals surface area contributed by atoms with Gasteiger partial charge in [0.2, 0.25) is 6.41 Å². The van der Waals surface area contributed by atoms with Crippen molar-refractivity contribution in [3.63, 3.8) is 0 Å². The summed E-state index contributed by atoms with van der Waals surface area (Å²) >= 11 is 0. The molecule has 2 N–H and O–H groups in total. The molecule has 3 atom stereocenters. The highest BCUT2D eigenvalue weighted by atomic mass is 16.6. The normalized spacial score (nSPS) is 18.8. The Bertz CT molecular complexity index is 876. The molecule has 2 rings (SSSR count). The van der Waals surface area contributed by atoms with E-state index in [1.54, 1.807) is 28.1 Å². The quantitative estimate of drug-likeness (QED) is 0.302. The van der Waals surface area contributed by atoms with Crippen molar-refractivity contribution in [3.8, 4) is 0 Å². The van der Waals surface area contributed by atoms with E-state index in [-0.39, 0.29) is 23.3 Å². The molecule has 0 spiro atoms. The summed E-state index contributed by atoms with van der Waals surface area (Å²) in [5.41, 5.74) is 0.556. The number of nitrogens with one attached hydrogen (secondary N) is 2. The van der Waals surface area contributed by atoms with Crippen molar-refractivity contribution in [3.05, 3.63) is 29.2 Å². The molecule has 3 unspecified atom stereocenters. The zero-order chi connectivity index (χ0) is 26.3. The van der Waals surface area contributed by atoms with Gasteiger partial charge >= 0.3 is 11.9 Å². The number of hydrogen-bond donors (Lipinski definition) is 2. The zero-order valence-electron chi connectivity index (χ0n) is 19.9. The van der Waals surface area contributed by atoms with Gasteiger partial charge in [0.1, 0.15) is 19.1 Å². The molecule has 34 heavy (non-hydrogen) atoms. The largest absolute Gasteiger partial charge is 0.464 e. The third kappa shape index (κ3) is 9.42. The summed E-state index contributed by atoms with van der Waals surface area (Å²) in [5.74, 6) is -1.76. The Morgan fingerprint density at radius 1 is 1.21 bits per heavy atom. The number of ether oxygens (including phenoxy) is 4. The van der Waals surface area contributed by atoms with Crippen LogP contribution < -0.4 is 10.6 Å². The molecule has 1 aromatic rings. The van der Waals surface area contributed by atoms with Crippen molar-refractivity contribution in [1.82, 2.24) is 20.8 Å². The number of hydrogen-bond acceptors (Lipinski definition) is 11. The molecular formula is C21H30N4O9. The Labute approximate surface area is 197 Å². The van der Waals surface area contributed by atoms with Crippen LogP contribution in [0.25, 0.3) is 5.57 Å². The maximum absolute atomic E-state index is 12.9. The van der Waals surface area contributed by atoms with Gasteiger partial charge in [0.05, 0.1) is 24.5 Å². The predicted molar refractivity (Wildman–Crippen MR) is 118 cm³/mol. The van der Waals surface area contributed by atoms with E-state index in [4.69, 9.17) is 14.3 Å². The SMILES string of the molecule is C=O.COC.COC(=O)c1cc(/C(=C/NC=O)C(=O)NC2CC(OC(C)=O)C(C)O2)c(C)nn1. The predicted octanol–water partition coefficient (Wildman–Crippen LogP) is -0.0810. The van der Waals surface area contributed by atoms with Crippen LogP contribution in [0.2, 0.25) is 0 Å². The fraction of sp³-hybridized carbons (Fsp3) is 0.476. The van der Waals surface area contributed by atoms with E-state index in [2.05, 4.69) is 30.3 Å². The third-order valence-electron chi connectivity index (χ3n) is 4.16. The number of rotatable bonds is 7. The second-order valence-corrected chi connectivity index (χ2v) is 6.66. The summed E-state index contributed by atoms with van der Waals surface area (Å²) in [4.78, 5) is 54.5. The molecule has 1 fully saturated rings. The van der Waals surface area contributed by atoms with Gasteiger partial charge in [0.25, 0.3) is 5.91 Å². The van der Waals surface area contributed by atoms with Gasteiger partial charge in [-0.05, 0) is 19.9 Å². The second-order valence-electron chi connectivity index (χ2n) is 6.66. The van der Waals surface area contributed by atoms with Crippen LogP contribution in [-0.4, -0.2) is 81.0 Å². The van der Waals surface area contributed by atoms with Gasteiger partial charge < -0.3 is 34.4 Å². The van der Waals surface area contributed by atoms with Crippen LogP contribution in [0.4, 0.5) is 0 Å². The van der Waals surface area contributed by atoms with Crippen molar-refractivity contribution >= 4 is 36.6 Å². The van der Waals surface area contributed by atoms with Gasteiger partial charge in [0.15, 0.2) is 5.69 Å². The Balaban J connectivity index is 0.00000201. The van der Waals surface area contributed by atoms with E-state index in [0.29, 0.717) is 12.1 Å². The maximum Gasteiger partial charge on any atom is 0.358 e. The number of carbonyl (C=O) groups excluding carboxylic acids is 5. The molecule has 1 aromatic heterocycles. The minimum absolute atomic E-state index is 0.0295. The highest BCUT2D eigenvalue weighted by molar-refractivity contribution is 6.20. The van der Waals surface area contributed by atoms with Gasteiger partial charge in [-0.2, -0.15) is 5.10 Å². The smallest absolute Gasteiger partial charge is 0.358 e. The second kappa shape index (κ2) is 16.0. The molecule has 1 aliphatic rings. The van der Waals surface area contributed by atoms with Crippen LogP contribution in [0, 0.1) is 6.92 Å². The molecule has 13 nitrogen and oxygen atoms in total. The van der Waals surface area contributed by atoms with Crippen LogP contribution in [0.15, 0.2) is 12.3 Å². The third-order valence-corrected chi connectivity index (χ3v) is 4.16. The first kappa shape index (κ1) is 30.3. The monoisotopic (exact) mass is 482 g/mol. The lowest BCUT2D eigenvalue weighted by atomic mass is 10.0. The van der Waals surface area contributed by atoms with Crippen LogP contribution in [0.5, 0.6) is 0 Å². The highest BCUT2D eigenvalue weighted by Crippen LogP contribution is 2.24. The standard InChI is InChI=1S/C18H22N4O7.C2H6O.CH2O/c1-9-12(5-14(22-21-9)18(26)27-4)13(7-19-8-23)17(25)20-16-6-15(10(2)28-16)29-11(3)24;1-3-2;1-2/h5,7-8,10,15-16H,6H2,1-4H3,(H,19,23)(H,20,25);1-2H3;1H2/b13-7-;;. The van der Waals surface area contributed by atoms with Crippen LogP contribution in [0.3, 0.4) is 0 Å². The first-order valence-electron chi connectivity index (χ1n) is 9.83. The summed E-state index contributed by atoms with van der Waals surface area (Å²) in [5, 5.41) is 12.6. The molecule has 2 heterocycles. The van der Waals surface area contributed by atoms with E-state index in [1.165, 1.54) is 26.3 Å². The fourth-order valence-corrected chi connectivity index (χ4v) is 2.79. The lowest BCUT2D eigenvalue weighted by Gasteiger charge is -2.15. The Morgan fingerprint density at radius 2 is 1.82 bits per heavy atom. The Hall–Kier alpha value is -3.71. The van der Waals surface area contributed by atoms with Gasteiger partial charge in [-0.1, -0.05) is 0 Å². The molecular weight excluding hydrogens is 452 g/mol. The molecule has 0 aromatic carbocycles. The molecule has 0 radical (unpaired) electrons. The molecule has 188 valence electrons. The lowest BCUT2D eigenvalue weighted by Crippen LogP contribution is -2.36. The summed E-state index contributed by atoms with van der Waals surface area (Å²) < 4.78 is 19.6. The molecule has 0 bridgehead atoms. The summed E-state index contributed by atoms with van der Waals surface area (Å²) in [6.07, 6.45) is 0.228. The maximum atomic E-state index is 12.9. The summed E-state index contributed by atoms with van der Waals surface area (Å²) in [7, 11) is 4.44. The minimum atomic E-state index is -0.723.